The lowest BCUT2D eigenvalue weighted by Gasteiger charge is -2.23. The summed E-state index contributed by atoms with van der Waals surface area (Å²) in [7, 11) is -2.49. The van der Waals surface area contributed by atoms with Gasteiger partial charge in [0, 0.05) is 19.6 Å². The number of rotatable bonds is 4. The van der Waals surface area contributed by atoms with Crippen molar-refractivity contribution in [3.8, 4) is 0 Å². The van der Waals surface area contributed by atoms with Crippen molar-refractivity contribution >= 4 is 10.0 Å². The molecule has 0 heterocycles. The summed E-state index contributed by atoms with van der Waals surface area (Å²) in [5, 5.41) is 0. The Kier molecular flexibility index (Phi) is 4.59. The average molecular weight is 296 g/mol. The maximum atomic E-state index is 12.4. The zero-order valence-corrected chi connectivity index (χ0v) is 11.3. The first-order valence-corrected chi connectivity index (χ1v) is 6.90. The molecule has 0 saturated carbocycles. The first-order chi connectivity index (χ1) is 8.60. The Hall–Kier alpha value is -1.12. The topological polar surface area (TPSA) is 63.4 Å². The van der Waals surface area contributed by atoms with Gasteiger partial charge in [0.15, 0.2) is 0 Å². The summed E-state index contributed by atoms with van der Waals surface area (Å²) in [5.74, 6) is 0. The van der Waals surface area contributed by atoms with Crippen LogP contribution in [0.2, 0.25) is 0 Å². The fraction of sp³-hybridized carbons (Fsp3) is 0.455. The minimum Gasteiger partial charge on any atom is -0.329 e. The number of benzene rings is 1. The van der Waals surface area contributed by atoms with Gasteiger partial charge in [-0.2, -0.15) is 17.5 Å². The Balaban J connectivity index is 3.10. The fourth-order valence-corrected chi connectivity index (χ4v) is 2.74. The second-order valence-electron chi connectivity index (χ2n) is 4.13. The Bertz CT molecular complexity index is 526. The van der Waals surface area contributed by atoms with Crippen molar-refractivity contribution < 1.29 is 21.6 Å². The largest absolute Gasteiger partial charge is 0.416 e. The molecule has 1 aromatic rings. The van der Waals surface area contributed by atoms with Gasteiger partial charge in [-0.3, -0.25) is 0 Å². The zero-order valence-electron chi connectivity index (χ0n) is 10.5. The van der Waals surface area contributed by atoms with Crippen LogP contribution in [0.4, 0.5) is 13.2 Å². The van der Waals surface area contributed by atoms with E-state index in [-0.39, 0.29) is 11.4 Å². The summed E-state index contributed by atoms with van der Waals surface area (Å²) in [4.78, 5) is -0.191. The lowest BCUT2D eigenvalue weighted by molar-refractivity contribution is -0.137. The molecule has 1 rings (SSSR count). The summed E-state index contributed by atoms with van der Waals surface area (Å²) in [5.41, 5.74) is 4.49. The molecule has 1 aromatic carbocycles. The van der Waals surface area contributed by atoms with Crippen LogP contribution in [0, 0.1) is 0 Å². The van der Waals surface area contributed by atoms with Crippen molar-refractivity contribution in [3.05, 3.63) is 29.8 Å². The fourth-order valence-electron chi connectivity index (χ4n) is 1.37. The van der Waals surface area contributed by atoms with Gasteiger partial charge < -0.3 is 5.73 Å². The molecule has 1 atom stereocenters. The first kappa shape index (κ1) is 15.9. The van der Waals surface area contributed by atoms with E-state index in [4.69, 9.17) is 5.73 Å². The molecule has 0 aliphatic carbocycles. The standard InChI is InChI=1S/C11H15F3N2O2S/c1-8(7-15)16(2)19(17,18)10-5-3-9(4-6-10)11(12,13)14/h3-6,8H,7,15H2,1-2H3. The third-order valence-electron chi connectivity index (χ3n) is 2.82. The van der Waals surface area contributed by atoms with Crippen molar-refractivity contribution in [2.24, 2.45) is 5.73 Å². The van der Waals surface area contributed by atoms with E-state index < -0.39 is 27.8 Å². The quantitative estimate of drug-likeness (QED) is 0.919. The maximum absolute atomic E-state index is 12.4. The van der Waals surface area contributed by atoms with Crippen LogP contribution in [-0.2, 0) is 16.2 Å². The monoisotopic (exact) mass is 296 g/mol. The lowest BCUT2D eigenvalue weighted by Crippen LogP contribution is -2.39. The van der Waals surface area contributed by atoms with Crippen LogP contribution in [0.3, 0.4) is 0 Å². The number of halogens is 3. The van der Waals surface area contributed by atoms with E-state index in [0.29, 0.717) is 0 Å². The van der Waals surface area contributed by atoms with Crippen LogP contribution < -0.4 is 5.73 Å². The minimum atomic E-state index is -4.49. The highest BCUT2D eigenvalue weighted by Gasteiger charge is 2.31. The Morgan fingerprint density at radius 2 is 1.74 bits per heavy atom. The number of likely N-dealkylation sites (N-methyl/N-ethyl adjacent to an activating group) is 1. The predicted molar refractivity (Wildman–Crippen MR) is 64.9 cm³/mol. The molecule has 0 aliphatic rings. The normalized spacial score (nSPS) is 14.7. The third-order valence-corrected chi connectivity index (χ3v) is 4.81. The summed E-state index contributed by atoms with van der Waals surface area (Å²) in [6.45, 7) is 1.73. The van der Waals surface area contributed by atoms with E-state index in [1.54, 1.807) is 6.92 Å². The van der Waals surface area contributed by atoms with Gasteiger partial charge in [-0.1, -0.05) is 0 Å². The smallest absolute Gasteiger partial charge is 0.329 e. The minimum absolute atomic E-state index is 0.121. The number of nitrogens with zero attached hydrogens (tertiary/aromatic N) is 1. The van der Waals surface area contributed by atoms with Crippen LogP contribution in [0.15, 0.2) is 29.2 Å². The molecule has 108 valence electrons. The number of nitrogens with two attached hydrogens (primary N) is 1. The molecule has 8 heteroatoms. The molecular weight excluding hydrogens is 281 g/mol. The highest BCUT2D eigenvalue weighted by molar-refractivity contribution is 7.89. The molecule has 1 unspecified atom stereocenters. The molecule has 0 spiro atoms. The van der Waals surface area contributed by atoms with Crippen molar-refractivity contribution in [3.63, 3.8) is 0 Å². The molecule has 0 saturated heterocycles. The lowest BCUT2D eigenvalue weighted by atomic mass is 10.2. The Morgan fingerprint density at radius 1 is 1.26 bits per heavy atom. The van der Waals surface area contributed by atoms with Gasteiger partial charge in [0.2, 0.25) is 10.0 Å². The van der Waals surface area contributed by atoms with Crippen molar-refractivity contribution in [2.75, 3.05) is 13.6 Å². The molecule has 4 nitrogen and oxygen atoms in total. The van der Waals surface area contributed by atoms with Gasteiger partial charge in [-0.05, 0) is 31.2 Å². The molecule has 0 bridgehead atoms. The average Bonchev–Trinajstić information content (AvgIpc) is 2.36. The maximum Gasteiger partial charge on any atom is 0.416 e. The molecule has 0 aliphatic heterocycles. The molecule has 0 aromatic heterocycles. The number of alkyl halides is 3. The van der Waals surface area contributed by atoms with Gasteiger partial charge in [-0.25, -0.2) is 8.42 Å². The Morgan fingerprint density at radius 3 is 2.11 bits per heavy atom. The van der Waals surface area contributed by atoms with Crippen LogP contribution in [0.25, 0.3) is 0 Å². The first-order valence-electron chi connectivity index (χ1n) is 5.46. The van der Waals surface area contributed by atoms with Gasteiger partial charge in [0.25, 0.3) is 0 Å². The van der Waals surface area contributed by atoms with Crippen molar-refractivity contribution in [2.45, 2.75) is 24.0 Å². The summed E-state index contributed by atoms with van der Waals surface area (Å²) in [6.07, 6.45) is -4.49. The van der Waals surface area contributed by atoms with Crippen LogP contribution in [0.5, 0.6) is 0 Å². The summed E-state index contributed by atoms with van der Waals surface area (Å²) in [6, 6.07) is 2.93. The third kappa shape index (κ3) is 3.46. The molecule has 0 radical (unpaired) electrons. The van der Waals surface area contributed by atoms with E-state index in [1.165, 1.54) is 7.05 Å². The van der Waals surface area contributed by atoms with Gasteiger partial charge in [-0.15, -0.1) is 0 Å². The summed E-state index contributed by atoms with van der Waals surface area (Å²) >= 11 is 0. The van der Waals surface area contributed by atoms with E-state index in [1.807, 2.05) is 0 Å². The molecule has 0 amide bonds. The second kappa shape index (κ2) is 5.48. The number of hydrogen-bond acceptors (Lipinski definition) is 3. The van der Waals surface area contributed by atoms with Crippen LogP contribution in [-0.4, -0.2) is 32.4 Å². The van der Waals surface area contributed by atoms with E-state index >= 15 is 0 Å². The molecule has 19 heavy (non-hydrogen) atoms. The van der Waals surface area contributed by atoms with Gasteiger partial charge >= 0.3 is 6.18 Å². The van der Waals surface area contributed by atoms with E-state index in [9.17, 15) is 21.6 Å². The van der Waals surface area contributed by atoms with Crippen LogP contribution in [0.1, 0.15) is 12.5 Å². The molecular formula is C11H15F3N2O2S. The van der Waals surface area contributed by atoms with E-state index in [2.05, 4.69) is 0 Å². The predicted octanol–water partition coefficient (Wildman–Crippen LogP) is 1.67. The van der Waals surface area contributed by atoms with Crippen LogP contribution >= 0.6 is 0 Å². The summed E-state index contributed by atoms with van der Waals surface area (Å²) < 4.78 is 62.3. The molecule has 0 fully saturated rings. The van der Waals surface area contributed by atoms with Crippen molar-refractivity contribution in [1.82, 2.24) is 4.31 Å². The highest BCUT2D eigenvalue weighted by Crippen LogP contribution is 2.30. The number of hydrogen-bond donors (Lipinski definition) is 1. The SMILES string of the molecule is CC(CN)N(C)S(=O)(=O)c1ccc(C(F)(F)F)cc1. The zero-order chi connectivity index (χ0) is 14.8. The highest BCUT2D eigenvalue weighted by atomic mass is 32.2. The number of sulfonamides is 1. The molecule has 2 N–H and O–H groups in total. The van der Waals surface area contributed by atoms with Gasteiger partial charge in [0.05, 0.1) is 10.5 Å². The van der Waals surface area contributed by atoms with Crippen molar-refractivity contribution in [1.29, 1.82) is 0 Å². The van der Waals surface area contributed by atoms with E-state index in [0.717, 1.165) is 28.6 Å². The second-order valence-corrected chi connectivity index (χ2v) is 6.13. The Labute approximate surface area is 110 Å². The van der Waals surface area contributed by atoms with Gasteiger partial charge in [0.1, 0.15) is 0 Å².